The molecule has 0 spiro atoms. The average molecular weight is 368 g/mol. The molecule has 0 saturated carbocycles. The highest BCUT2D eigenvalue weighted by molar-refractivity contribution is 7.17. The van der Waals surface area contributed by atoms with Gasteiger partial charge in [0.25, 0.3) is 5.91 Å². The molecule has 3 N–H and O–H groups in total. The Bertz CT molecular complexity index is 1110. The van der Waals surface area contributed by atoms with Crippen LogP contribution in [0.15, 0.2) is 42.9 Å². The van der Waals surface area contributed by atoms with Crippen LogP contribution in [-0.2, 0) is 0 Å². The lowest BCUT2D eigenvalue weighted by atomic mass is 10.1. The maximum atomic E-state index is 13.2. The van der Waals surface area contributed by atoms with Crippen molar-refractivity contribution in [2.24, 2.45) is 0 Å². The van der Waals surface area contributed by atoms with Gasteiger partial charge in [0.1, 0.15) is 16.5 Å². The molecule has 4 aromatic rings. The van der Waals surface area contributed by atoms with Crippen molar-refractivity contribution >= 4 is 44.8 Å². The van der Waals surface area contributed by atoms with Gasteiger partial charge in [0.05, 0.1) is 23.6 Å². The second kappa shape index (κ2) is 6.52. The number of fused-ring (bicyclic) bond motifs is 1. The van der Waals surface area contributed by atoms with Gasteiger partial charge in [0, 0.05) is 17.6 Å². The van der Waals surface area contributed by atoms with Crippen molar-refractivity contribution in [3.8, 4) is 0 Å². The number of nitrogens with one attached hydrogen (secondary N) is 3. The van der Waals surface area contributed by atoms with Crippen LogP contribution in [-0.4, -0.2) is 26.1 Å². The van der Waals surface area contributed by atoms with Crippen molar-refractivity contribution in [2.45, 2.75) is 6.92 Å². The van der Waals surface area contributed by atoms with Gasteiger partial charge in [-0.3, -0.25) is 9.89 Å². The first-order chi connectivity index (χ1) is 12.6. The van der Waals surface area contributed by atoms with Gasteiger partial charge in [-0.1, -0.05) is 17.4 Å². The lowest BCUT2D eigenvalue weighted by Gasteiger charge is -2.08. The molecule has 4 rings (SSSR count). The van der Waals surface area contributed by atoms with Gasteiger partial charge in [-0.15, -0.1) is 0 Å². The summed E-state index contributed by atoms with van der Waals surface area (Å²) >= 11 is 1.15. The molecule has 0 radical (unpaired) electrons. The van der Waals surface area contributed by atoms with E-state index in [9.17, 15) is 9.18 Å². The largest absolute Gasteiger partial charge is 0.320 e. The molecule has 1 aromatic carbocycles. The monoisotopic (exact) mass is 368 g/mol. The number of hydrogen-bond acceptors (Lipinski definition) is 6. The molecule has 0 unspecified atom stereocenters. The number of aromatic amines is 1. The summed E-state index contributed by atoms with van der Waals surface area (Å²) in [5, 5.41) is 14.0. The number of aryl methyl sites for hydroxylation is 1. The van der Waals surface area contributed by atoms with E-state index in [1.165, 1.54) is 24.5 Å². The van der Waals surface area contributed by atoms with E-state index in [2.05, 4.69) is 30.8 Å². The minimum atomic E-state index is -0.402. The van der Waals surface area contributed by atoms with Crippen molar-refractivity contribution in [2.75, 3.05) is 10.6 Å². The first-order valence-electron chi connectivity index (χ1n) is 7.68. The van der Waals surface area contributed by atoms with E-state index in [0.717, 1.165) is 27.8 Å². The Morgan fingerprint density at radius 3 is 2.96 bits per heavy atom. The molecule has 9 heteroatoms. The zero-order chi connectivity index (χ0) is 18.1. The van der Waals surface area contributed by atoms with Crippen molar-refractivity contribution in [3.05, 3.63) is 59.1 Å². The number of thiazole rings is 1. The van der Waals surface area contributed by atoms with Crippen molar-refractivity contribution in [1.29, 1.82) is 0 Å². The van der Waals surface area contributed by atoms with E-state index in [4.69, 9.17) is 0 Å². The maximum absolute atomic E-state index is 13.2. The van der Waals surface area contributed by atoms with Crippen LogP contribution in [0, 0.1) is 12.7 Å². The summed E-state index contributed by atoms with van der Waals surface area (Å²) in [7, 11) is 0. The summed E-state index contributed by atoms with van der Waals surface area (Å²) in [5.41, 5.74) is 2.48. The van der Waals surface area contributed by atoms with E-state index in [0.29, 0.717) is 21.5 Å². The van der Waals surface area contributed by atoms with Gasteiger partial charge >= 0.3 is 0 Å². The number of anilines is 3. The lowest BCUT2D eigenvalue weighted by molar-refractivity contribution is 0.103. The predicted molar refractivity (Wildman–Crippen MR) is 98.4 cm³/mol. The highest BCUT2D eigenvalue weighted by Gasteiger charge is 2.15. The van der Waals surface area contributed by atoms with Crippen LogP contribution in [0.3, 0.4) is 0 Å². The minimum Gasteiger partial charge on any atom is -0.320 e. The van der Waals surface area contributed by atoms with Crippen LogP contribution in [0.1, 0.15) is 15.2 Å². The molecular weight excluding hydrogens is 355 g/mol. The number of benzene rings is 1. The Balaban J connectivity index is 1.55. The van der Waals surface area contributed by atoms with Gasteiger partial charge in [-0.25, -0.2) is 14.4 Å². The van der Waals surface area contributed by atoms with Crippen LogP contribution in [0.2, 0.25) is 0 Å². The zero-order valence-electron chi connectivity index (χ0n) is 13.6. The molecule has 0 bridgehead atoms. The number of H-pyrrole nitrogens is 1. The number of halogens is 1. The molecule has 3 aromatic heterocycles. The Kier molecular flexibility index (Phi) is 4.05. The quantitative estimate of drug-likeness (QED) is 0.508. The Morgan fingerprint density at radius 1 is 1.23 bits per heavy atom. The molecule has 0 atom stereocenters. The molecule has 1 amide bonds. The number of pyridine rings is 1. The number of amides is 1. The lowest BCUT2D eigenvalue weighted by Crippen LogP contribution is -2.11. The molecule has 7 nitrogen and oxygen atoms in total. The fraction of sp³-hybridized carbons (Fsp3) is 0.0588. The van der Waals surface area contributed by atoms with E-state index in [-0.39, 0.29) is 5.91 Å². The summed E-state index contributed by atoms with van der Waals surface area (Å²) < 4.78 is 13.2. The summed E-state index contributed by atoms with van der Waals surface area (Å²) in [6.45, 7) is 1.91. The minimum absolute atomic E-state index is 0.278. The van der Waals surface area contributed by atoms with Gasteiger partial charge in [-0.05, 0) is 24.6 Å². The van der Waals surface area contributed by atoms with E-state index < -0.39 is 5.82 Å². The molecule has 0 aliphatic rings. The molecule has 26 heavy (non-hydrogen) atoms. The summed E-state index contributed by atoms with van der Waals surface area (Å²) in [5.74, 6) is -0.356. The second-order valence-corrected chi connectivity index (χ2v) is 6.59. The number of carbonyl (C=O) groups is 1. The van der Waals surface area contributed by atoms with Crippen molar-refractivity contribution < 1.29 is 9.18 Å². The van der Waals surface area contributed by atoms with Gasteiger partial charge in [0.2, 0.25) is 0 Å². The van der Waals surface area contributed by atoms with E-state index >= 15 is 0 Å². The van der Waals surface area contributed by atoms with Gasteiger partial charge in [0.15, 0.2) is 5.13 Å². The molecule has 3 heterocycles. The number of hydrogen-bond donors (Lipinski definition) is 3. The second-order valence-electron chi connectivity index (χ2n) is 5.56. The molecule has 0 fully saturated rings. The average Bonchev–Trinajstić information content (AvgIpc) is 3.27. The maximum Gasteiger partial charge on any atom is 0.267 e. The first kappa shape index (κ1) is 16.2. The third-order valence-electron chi connectivity index (χ3n) is 3.76. The Morgan fingerprint density at radius 2 is 2.12 bits per heavy atom. The molecule has 130 valence electrons. The van der Waals surface area contributed by atoms with E-state index in [1.807, 2.05) is 19.1 Å². The predicted octanol–water partition coefficient (Wildman–Crippen LogP) is 3.86. The van der Waals surface area contributed by atoms with Gasteiger partial charge in [-0.2, -0.15) is 5.10 Å². The SMILES string of the molecule is Cc1ccc2[nH]ncc2c1NC(=O)c1cnc(Nc2cc(F)ccn2)s1. The summed E-state index contributed by atoms with van der Waals surface area (Å²) in [6.07, 6.45) is 4.49. The number of aromatic nitrogens is 4. The van der Waals surface area contributed by atoms with Gasteiger partial charge < -0.3 is 10.6 Å². The van der Waals surface area contributed by atoms with Crippen molar-refractivity contribution in [3.63, 3.8) is 0 Å². The van der Waals surface area contributed by atoms with Crippen LogP contribution in [0.25, 0.3) is 10.9 Å². The fourth-order valence-corrected chi connectivity index (χ4v) is 3.21. The highest BCUT2D eigenvalue weighted by Crippen LogP contribution is 2.28. The van der Waals surface area contributed by atoms with Crippen LogP contribution in [0.4, 0.5) is 21.0 Å². The normalized spacial score (nSPS) is 10.8. The number of nitrogens with zero attached hydrogens (tertiary/aromatic N) is 3. The standard InChI is InChI=1S/C17H13FN6OS/c1-9-2-3-12-11(7-21-24-12)15(9)23-16(25)13-8-20-17(26-13)22-14-6-10(18)4-5-19-14/h2-8H,1H3,(H,21,24)(H,23,25)(H,19,20,22). The molecule has 0 aliphatic carbocycles. The third kappa shape index (κ3) is 3.11. The first-order valence-corrected chi connectivity index (χ1v) is 8.50. The molecule has 0 aliphatic heterocycles. The fourth-order valence-electron chi connectivity index (χ4n) is 2.49. The van der Waals surface area contributed by atoms with Crippen LogP contribution in [0.5, 0.6) is 0 Å². The Hall–Kier alpha value is -3.33. The number of carbonyl (C=O) groups excluding carboxylic acids is 1. The third-order valence-corrected chi connectivity index (χ3v) is 4.67. The van der Waals surface area contributed by atoms with E-state index in [1.54, 1.807) is 6.20 Å². The molecular formula is C17H13FN6OS. The smallest absolute Gasteiger partial charge is 0.267 e. The highest BCUT2D eigenvalue weighted by atomic mass is 32.1. The number of rotatable bonds is 4. The Labute approximate surface area is 151 Å². The van der Waals surface area contributed by atoms with Crippen LogP contribution >= 0.6 is 11.3 Å². The topological polar surface area (TPSA) is 95.6 Å². The van der Waals surface area contributed by atoms with Crippen LogP contribution < -0.4 is 10.6 Å². The van der Waals surface area contributed by atoms with Crippen molar-refractivity contribution in [1.82, 2.24) is 20.2 Å². The molecule has 0 saturated heterocycles. The zero-order valence-corrected chi connectivity index (χ0v) is 14.4. The summed E-state index contributed by atoms with van der Waals surface area (Å²) in [4.78, 5) is 21.1. The summed E-state index contributed by atoms with van der Waals surface area (Å²) in [6, 6.07) is 6.33.